The highest BCUT2D eigenvalue weighted by molar-refractivity contribution is 9.21. The molecule has 9 heavy (non-hydrogen) atoms. The SMILES string of the molecule is CS1(S)CCC(S)CS1. The Bertz CT molecular complexity index is 91.1. The van der Waals surface area contributed by atoms with Gasteiger partial charge in [0.25, 0.3) is 0 Å². The summed E-state index contributed by atoms with van der Waals surface area (Å²) in [6, 6.07) is 0. The Hall–Kier alpha value is 1.40. The second-order valence-electron chi connectivity index (χ2n) is 2.39. The van der Waals surface area contributed by atoms with Crippen molar-refractivity contribution in [3.05, 3.63) is 0 Å². The highest BCUT2D eigenvalue weighted by atomic mass is 33.5. The van der Waals surface area contributed by atoms with Crippen molar-refractivity contribution in [2.45, 2.75) is 11.7 Å². The molecule has 56 valence electrons. The first-order chi connectivity index (χ1) is 4.10. The average molecular weight is 200 g/mol. The first kappa shape index (κ1) is 8.50. The summed E-state index contributed by atoms with van der Waals surface area (Å²) in [6.45, 7) is 0. The molecule has 4 heteroatoms. The Kier molecular flexibility index (Phi) is 3.02. The Morgan fingerprint density at radius 3 is 2.67 bits per heavy atom. The molecule has 0 saturated carbocycles. The molecule has 0 bridgehead atoms. The normalized spacial score (nSPS) is 52.1. The van der Waals surface area contributed by atoms with E-state index in [4.69, 9.17) is 0 Å². The van der Waals surface area contributed by atoms with Crippen LogP contribution in [0.4, 0.5) is 0 Å². The maximum atomic E-state index is 4.57. The summed E-state index contributed by atoms with van der Waals surface area (Å²) in [6.07, 6.45) is 3.52. The van der Waals surface area contributed by atoms with E-state index in [1.807, 2.05) is 10.8 Å². The van der Waals surface area contributed by atoms with Crippen LogP contribution in [0.2, 0.25) is 0 Å². The summed E-state index contributed by atoms with van der Waals surface area (Å²) in [5, 5.41) is 0.628. The van der Waals surface area contributed by atoms with Gasteiger partial charge in [-0.1, -0.05) is 0 Å². The summed E-state index contributed by atoms with van der Waals surface area (Å²) in [4.78, 5) is 0. The van der Waals surface area contributed by atoms with Crippen molar-refractivity contribution >= 4 is 43.2 Å². The monoisotopic (exact) mass is 200 g/mol. The first-order valence-electron chi connectivity index (χ1n) is 2.91. The Labute approximate surface area is 72.5 Å². The number of hydrogen-bond donors (Lipinski definition) is 2. The molecule has 0 N–H and O–H groups in total. The molecular weight excluding hydrogens is 188 g/mol. The predicted octanol–water partition coefficient (Wildman–Crippen LogP) is 2.62. The summed E-state index contributed by atoms with van der Waals surface area (Å²) in [5.74, 6) is 2.47. The lowest BCUT2D eigenvalue weighted by atomic mass is 10.4. The van der Waals surface area contributed by atoms with E-state index in [9.17, 15) is 0 Å². The molecule has 1 heterocycles. The van der Waals surface area contributed by atoms with Crippen molar-refractivity contribution in [3.8, 4) is 0 Å². The smallest absolute Gasteiger partial charge is 0.0146 e. The average Bonchev–Trinajstić information content (AvgIpc) is 1.78. The third-order valence-electron chi connectivity index (χ3n) is 1.34. The van der Waals surface area contributed by atoms with Gasteiger partial charge in [-0.2, -0.15) is 12.6 Å². The third-order valence-corrected chi connectivity index (χ3v) is 8.00. The van der Waals surface area contributed by atoms with Gasteiger partial charge in [0.1, 0.15) is 0 Å². The number of thiol groups is 2. The molecule has 1 fully saturated rings. The van der Waals surface area contributed by atoms with Gasteiger partial charge in [-0.05, 0) is 18.4 Å². The Morgan fingerprint density at radius 1 is 1.67 bits per heavy atom. The Balaban J connectivity index is 2.35. The van der Waals surface area contributed by atoms with E-state index < -0.39 is 8.09 Å². The molecule has 2 unspecified atom stereocenters. The molecule has 0 aromatic heterocycles. The second-order valence-corrected chi connectivity index (χ2v) is 12.1. The van der Waals surface area contributed by atoms with Gasteiger partial charge in [-0.15, -0.1) is 30.5 Å². The van der Waals surface area contributed by atoms with E-state index in [0.29, 0.717) is 5.25 Å². The van der Waals surface area contributed by atoms with E-state index in [-0.39, 0.29) is 0 Å². The van der Waals surface area contributed by atoms with Gasteiger partial charge in [-0.3, -0.25) is 0 Å². The standard InChI is InChI=1S/C5H12S4/c1-9(7)3-2-5(6)4-8-9/h5-7H,2-4H2,1H3. The zero-order valence-electron chi connectivity index (χ0n) is 5.41. The van der Waals surface area contributed by atoms with Crippen molar-refractivity contribution in [2.24, 2.45) is 0 Å². The quantitative estimate of drug-likeness (QED) is 0.448. The van der Waals surface area contributed by atoms with E-state index >= 15 is 0 Å². The van der Waals surface area contributed by atoms with E-state index in [1.165, 1.54) is 17.9 Å². The van der Waals surface area contributed by atoms with Crippen molar-refractivity contribution < 1.29 is 0 Å². The maximum absolute atomic E-state index is 4.57. The molecule has 2 atom stereocenters. The predicted molar refractivity (Wildman–Crippen MR) is 57.2 cm³/mol. The number of rotatable bonds is 0. The molecule has 1 aliphatic rings. The van der Waals surface area contributed by atoms with Gasteiger partial charge in [0.05, 0.1) is 0 Å². The molecule has 0 aliphatic carbocycles. The van der Waals surface area contributed by atoms with Crippen LogP contribution in [-0.4, -0.2) is 23.0 Å². The van der Waals surface area contributed by atoms with Gasteiger partial charge in [0.2, 0.25) is 0 Å². The minimum atomic E-state index is -0.553. The number of hydrogen-bond acceptors (Lipinski definition) is 3. The first-order valence-corrected chi connectivity index (χ1v) is 8.19. The van der Waals surface area contributed by atoms with Crippen LogP contribution in [0.5, 0.6) is 0 Å². The minimum Gasteiger partial charge on any atom is -0.175 e. The fourth-order valence-corrected chi connectivity index (χ4v) is 5.89. The van der Waals surface area contributed by atoms with Crippen molar-refractivity contribution in [1.29, 1.82) is 0 Å². The molecule has 1 saturated heterocycles. The second kappa shape index (κ2) is 3.20. The van der Waals surface area contributed by atoms with Crippen LogP contribution in [0.1, 0.15) is 6.42 Å². The van der Waals surface area contributed by atoms with Gasteiger partial charge in [-0.25, -0.2) is 0 Å². The lowest BCUT2D eigenvalue weighted by Gasteiger charge is -2.35. The van der Waals surface area contributed by atoms with Crippen LogP contribution < -0.4 is 0 Å². The lowest BCUT2D eigenvalue weighted by Crippen LogP contribution is -2.13. The topological polar surface area (TPSA) is 0 Å². The van der Waals surface area contributed by atoms with Crippen LogP contribution in [0.25, 0.3) is 0 Å². The van der Waals surface area contributed by atoms with Crippen molar-refractivity contribution in [3.63, 3.8) is 0 Å². The van der Waals surface area contributed by atoms with Crippen LogP contribution in [0.3, 0.4) is 0 Å². The summed E-state index contributed by atoms with van der Waals surface area (Å²) >= 11 is 8.97. The fourth-order valence-electron chi connectivity index (χ4n) is 0.722. The molecular formula is C5H12S4. The van der Waals surface area contributed by atoms with Crippen LogP contribution >= 0.6 is 43.2 Å². The van der Waals surface area contributed by atoms with Crippen LogP contribution in [-0.2, 0) is 0 Å². The minimum absolute atomic E-state index is 0.553. The molecule has 0 spiro atoms. The largest absolute Gasteiger partial charge is 0.175 e. The van der Waals surface area contributed by atoms with Gasteiger partial charge < -0.3 is 0 Å². The van der Waals surface area contributed by atoms with Gasteiger partial charge in [0.15, 0.2) is 0 Å². The molecule has 0 nitrogen and oxygen atoms in total. The molecule has 1 aliphatic heterocycles. The van der Waals surface area contributed by atoms with Crippen LogP contribution in [0, 0.1) is 0 Å². The third kappa shape index (κ3) is 2.87. The van der Waals surface area contributed by atoms with Gasteiger partial charge >= 0.3 is 0 Å². The molecule has 1 rings (SSSR count). The summed E-state index contributed by atoms with van der Waals surface area (Å²) < 4.78 is 0. The highest BCUT2D eigenvalue weighted by Crippen LogP contribution is 2.63. The van der Waals surface area contributed by atoms with Gasteiger partial charge in [0, 0.05) is 11.0 Å². The van der Waals surface area contributed by atoms with E-state index in [0.717, 1.165) is 0 Å². The maximum Gasteiger partial charge on any atom is 0.0146 e. The molecule has 0 radical (unpaired) electrons. The summed E-state index contributed by atoms with van der Waals surface area (Å²) in [7, 11) is 1.45. The zero-order valence-corrected chi connectivity index (χ0v) is 8.83. The van der Waals surface area contributed by atoms with E-state index in [2.05, 4.69) is 30.5 Å². The van der Waals surface area contributed by atoms with Crippen molar-refractivity contribution in [1.82, 2.24) is 0 Å². The molecule has 0 amide bonds. The fraction of sp³-hybridized carbons (Fsp3) is 1.00. The van der Waals surface area contributed by atoms with Crippen LogP contribution in [0.15, 0.2) is 0 Å². The zero-order chi connectivity index (χ0) is 6.91. The molecule has 0 aromatic carbocycles. The summed E-state index contributed by atoms with van der Waals surface area (Å²) in [5.41, 5.74) is 0. The highest BCUT2D eigenvalue weighted by Gasteiger charge is 2.22. The van der Waals surface area contributed by atoms with E-state index in [1.54, 1.807) is 0 Å². The van der Waals surface area contributed by atoms with Crippen molar-refractivity contribution in [2.75, 3.05) is 17.8 Å². The molecule has 0 aromatic rings. The Morgan fingerprint density at radius 2 is 2.33 bits per heavy atom. The lowest BCUT2D eigenvalue weighted by molar-refractivity contribution is 0.930.